The molecule has 2 fully saturated rings. The Balaban J connectivity index is 1.70. The summed E-state index contributed by atoms with van der Waals surface area (Å²) in [7, 11) is 0. The first-order chi connectivity index (χ1) is 10.9. The Hall–Kier alpha value is -1.30. The fourth-order valence-electron chi connectivity index (χ4n) is 3.86. The number of likely N-dealkylation sites (N-methyl/N-ethyl adjacent to an activating group) is 1. The molecular weight excluding hydrogens is 294 g/mol. The van der Waals surface area contributed by atoms with Gasteiger partial charge in [0.05, 0.1) is 6.54 Å². The standard InChI is InChI=1S/C17H31N3O3/c1-4-20(10-16(21)22)14-8-13(9-14)18-17(23)19-15-7-5-6-11(2)12(15)3/h11-15H,4-10H2,1-3H3,(H,21,22)(H2,18,19,23). The van der Waals surface area contributed by atoms with Crippen molar-refractivity contribution in [2.75, 3.05) is 13.1 Å². The first-order valence-corrected chi connectivity index (χ1v) is 8.93. The van der Waals surface area contributed by atoms with Gasteiger partial charge < -0.3 is 15.7 Å². The summed E-state index contributed by atoms with van der Waals surface area (Å²) in [4.78, 5) is 25.0. The van der Waals surface area contributed by atoms with Gasteiger partial charge in [-0.3, -0.25) is 9.69 Å². The number of hydrogen-bond acceptors (Lipinski definition) is 3. The molecule has 3 unspecified atom stereocenters. The molecule has 0 bridgehead atoms. The van der Waals surface area contributed by atoms with Crippen molar-refractivity contribution in [3.8, 4) is 0 Å². The SMILES string of the molecule is CCN(CC(=O)O)C1CC(NC(=O)NC2CCCC(C)C2C)C1. The number of amides is 2. The predicted molar refractivity (Wildman–Crippen MR) is 89.3 cm³/mol. The summed E-state index contributed by atoms with van der Waals surface area (Å²) in [5, 5.41) is 15.1. The average Bonchev–Trinajstić information content (AvgIpc) is 2.45. The van der Waals surface area contributed by atoms with E-state index in [0.29, 0.717) is 11.8 Å². The van der Waals surface area contributed by atoms with Crippen LogP contribution in [0, 0.1) is 11.8 Å². The van der Waals surface area contributed by atoms with Gasteiger partial charge in [0.1, 0.15) is 0 Å². The van der Waals surface area contributed by atoms with Crippen LogP contribution in [0.1, 0.15) is 52.9 Å². The lowest BCUT2D eigenvalue weighted by molar-refractivity contribution is -0.139. The minimum absolute atomic E-state index is 0.0688. The highest BCUT2D eigenvalue weighted by Crippen LogP contribution is 2.30. The maximum atomic E-state index is 12.2. The Labute approximate surface area is 139 Å². The van der Waals surface area contributed by atoms with Gasteiger partial charge in [0.15, 0.2) is 0 Å². The highest BCUT2D eigenvalue weighted by atomic mass is 16.4. The lowest BCUT2D eigenvalue weighted by atomic mass is 9.78. The Morgan fingerprint density at radius 2 is 1.87 bits per heavy atom. The summed E-state index contributed by atoms with van der Waals surface area (Å²) in [6.07, 6.45) is 5.18. The zero-order chi connectivity index (χ0) is 17.0. The third-order valence-corrected chi connectivity index (χ3v) is 5.73. The topological polar surface area (TPSA) is 81.7 Å². The van der Waals surface area contributed by atoms with Crippen LogP contribution in [0.15, 0.2) is 0 Å². The van der Waals surface area contributed by atoms with E-state index in [1.54, 1.807) is 0 Å². The van der Waals surface area contributed by atoms with Crippen molar-refractivity contribution in [2.24, 2.45) is 11.8 Å². The fraction of sp³-hybridized carbons (Fsp3) is 0.882. The van der Waals surface area contributed by atoms with Crippen molar-refractivity contribution in [3.63, 3.8) is 0 Å². The zero-order valence-electron chi connectivity index (χ0n) is 14.5. The van der Waals surface area contributed by atoms with Crippen molar-refractivity contribution in [1.82, 2.24) is 15.5 Å². The molecule has 0 aromatic rings. The minimum atomic E-state index is -0.790. The van der Waals surface area contributed by atoms with Gasteiger partial charge in [-0.15, -0.1) is 0 Å². The van der Waals surface area contributed by atoms with Crippen molar-refractivity contribution in [1.29, 1.82) is 0 Å². The number of carboxylic acids is 1. The molecule has 3 N–H and O–H groups in total. The molecule has 2 aliphatic rings. The molecule has 2 amide bonds. The van der Waals surface area contributed by atoms with Crippen LogP contribution < -0.4 is 10.6 Å². The first-order valence-electron chi connectivity index (χ1n) is 8.93. The molecule has 0 spiro atoms. The molecule has 2 saturated carbocycles. The average molecular weight is 325 g/mol. The van der Waals surface area contributed by atoms with E-state index < -0.39 is 5.97 Å². The normalized spacial score (nSPS) is 33.8. The summed E-state index contributed by atoms with van der Waals surface area (Å²) in [5.74, 6) is 0.396. The van der Waals surface area contributed by atoms with E-state index in [1.807, 2.05) is 11.8 Å². The first kappa shape index (κ1) is 18.0. The summed E-state index contributed by atoms with van der Waals surface area (Å²) in [6.45, 7) is 7.26. The van der Waals surface area contributed by atoms with Gasteiger partial charge in [-0.1, -0.05) is 33.6 Å². The van der Waals surface area contributed by atoms with E-state index in [0.717, 1.165) is 25.8 Å². The molecule has 0 aromatic carbocycles. The molecule has 0 aromatic heterocycles. The molecule has 23 heavy (non-hydrogen) atoms. The van der Waals surface area contributed by atoms with Crippen molar-refractivity contribution >= 4 is 12.0 Å². The molecule has 6 nitrogen and oxygen atoms in total. The van der Waals surface area contributed by atoms with Gasteiger partial charge in [0.25, 0.3) is 0 Å². The number of nitrogens with one attached hydrogen (secondary N) is 2. The maximum Gasteiger partial charge on any atom is 0.317 e. The van der Waals surface area contributed by atoms with Gasteiger partial charge >= 0.3 is 12.0 Å². The molecule has 0 radical (unpaired) electrons. The smallest absolute Gasteiger partial charge is 0.317 e. The highest BCUT2D eigenvalue weighted by molar-refractivity contribution is 5.74. The van der Waals surface area contributed by atoms with Crippen LogP contribution in [0.4, 0.5) is 4.79 Å². The Kier molecular flexibility index (Phi) is 6.27. The van der Waals surface area contributed by atoms with Gasteiger partial charge in [-0.05, 0) is 37.6 Å². The van der Waals surface area contributed by atoms with Crippen molar-refractivity contribution in [3.05, 3.63) is 0 Å². The van der Waals surface area contributed by atoms with E-state index in [1.165, 1.54) is 12.8 Å². The quantitative estimate of drug-likeness (QED) is 0.698. The summed E-state index contributed by atoms with van der Waals surface area (Å²) >= 11 is 0. The Morgan fingerprint density at radius 1 is 1.17 bits per heavy atom. The second-order valence-electron chi connectivity index (χ2n) is 7.27. The van der Waals surface area contributed by atoms with Crippen LogP contribution in [0.3, 0.4) is 0 Å². The molecule has 0 saturated heterocycles. The number of urea groups is 1. The third-order valence-electron chi connectivity index (χ3n) is 5.73. The van der Waals surface area contributed by atoms with Gasteiger partial charge in [-0.25, -0.2) is 4.79 Å². The summed E-state index contributed by atoms with van der Waals surface area (Å²) in [6, 6.07) is 0.642. The van der Waals surface area contributed by atoms with E-state index >= 15 is 0 Å². The maximum absolute atomic E-state index is 12.2. The van der Waals surface area contributed by atoms with Gasteiger partial charge in [0.2, 0.25) is 0 Å². The van der Waals surface area contributed by atoms with Crippen molar-refractivity contribution in [2.45, 2.75) is 71.0 Å². The molecule has 2 aliphatic carbocycles. The largest absolute Gasteiger partial charge is 0.480 e. The second kappa shape index (κ2) is 7.99. The summed E-state index contributed by atoms with van der Waals surface area (Å²) in [5.41, 5.74) is 0. The number of carbonyl (C=O) groups excluding carboxylic acids is 1. The molecular formula is C17H31N3O3. The van der Waals surface area contributed by atoms with E-state index in [4.69, 9.17) is 5.11 Å². The van der Waals surface area contributed by atoms with E-state index in [9.17, 15) is 9.59 Å². The summed E-state index contributed by atoms with van der Waals surface area (Å²) < 4.78 is 0. The molecule has 2 rings (SSSR count). The van der Waals surface area contributed by atoms with E-state index in [-0.39, 0.29) is 30.7 Å². The van der Waals surface area contributed by atoms with Gasteiger partial charge in [0, 0.05) is 18.1 Å². The second-order valence-corrected chi connectivity index (χ2v) is 7.27. The third kappa shape index (κ3) is 4.83. The minimum Gasteiger partial charge on any atom is -0.480 e. The van der Waals surface area contributed by atoms with Crippen LogP contribution in [0.25, 0.3) is 0 Å². The van der Waals surface area contributed by atoms with Crippen molar-refractivity contribution < 1.29 is 14.7 Å². The van der Waals surface area contributed by atoms with E-state index in [2.05, 4.69) is 24.5 Å². The molecule has 0 heterocycles. The number of aliphatic carboxylic acids is 1. The number of hydrogen-bond donors (Lipinski definition) is 3. The molecule has 3 atom stereocenters. The van der Waals surface area contributed by atoms with Crippen LogP contribution >= 0.6 is 0 Å². The number of rotatable bonds is 6. The van der Waals surface area contributed by atoms with Gasteiger partial charge in [-0.2, -0.15) is 0 Å². The van der Waals surface area contributed by atoms with Crippen LogP contribution in [-0.4, -0.2) is 53.2 Å². The molecule has 6 heteroatoms. The highest BCUT2D eigenvalue weighted by Gasteiger charge is 2.35. The van der Waals surface area contributed by atoms with Crippen LogP contribution in [0.5, 0.6) is 0 Å². The number of carboxylic acid groups (broad SMARTS) is 1. The zero-order valence-corrected chi connectivity index (χ0v) is 14.5. The lowest BCUT2D eigenvalue weighted by Crippen LogP contribution is -2.58. The fourth-order valence-corrected chi connectivity index (χ4v) is 3.86. The van der Waals surface area contributed by atoms with Crippen LogP contribution in [0.2, 0.25) is 0 Å². The molecule has 0 aliphatic heterocycles. The Bertz CT molecular complexity index is 423. The molecule has 132 valence electrons. The Morgan fingerprint density at radius 3 is 2.48 bits per heavy atom. The number of carbonyl (C=O) groups is 2. The monoisotopic (exact) mass is 325 g/mol. The lowest BCUT2D eigenvalue weighted by Gasteiger charge is -2.42. The number of nitrogens with zero attached hydrogens (tertiary/aromatic N) is 1. The van der Waals surface area contributed by atoms with Crippen LogP contribution in [-0.2, 0) is 4.79 Å². The predicted octanol–water partition coefficient (Wildman–Crippen LogP) is 2.05.